The van der Waals surface area contributed by atoms with Crippen LogP contribution < -0.4 is 20.9 Å². The summed E-state index contributed by atoms with van der Waals surface area (Å²) in [4.78, 5) is 14.4. The molecule has 7 heteroatoms. The Morgan fingerprint density at radius 2 is 2.12 bits per heavy atom. The van der Waals surface area contributed by atoms with Gasteiger partial charge in [-0.05, 0) is 30.0 Å². The highest BCUT2D eigenvalue weighted by molar-refractivity contribution is 5.82. The number of hydrogen-bond acceptors (Lipinski definition) is 6. The maximum Gasteiger partial charge on any atom is 0.240 e. The Balaban J connectivity index is 1.52. The first-order valence-electron chi connectivity index (χ1n) is 8.59. The van der Waals surface area contributed by atoms with Crippen LogP contribution in [0.2, 0.25) is 0 Å². The molecule has 2 aliphatic rings. The number of nitriles is 1. The van der Waals surface area contributed by atoms with Crippen molar-refractivity contribution in [2.45, 2.75) is 31.5 Å². The van der Waals surface area contributed by atoms with Gasteiger partial charge < -0.3 is 15.0 Å². The van der Waals surface area contributed by atoms with Gasteiger partial charge in [-0.15, -0.1) is 0 Å². The van der Waals surface area contributed by atoms with Crippen molar-refractivity contribution in [3.8, 4) is 11.9 Å². The van der Waals surface area contributed by atoms with Crippen molar-refractivity contribution >= 4 is 5.91 Å². The molecule has 134 valence electrons. The lowest BCUT2D eigenvalue weighted by molar-refractivity contribution is -0.132. The van der Waals surface area contributed by atoms with Crippen molar-refractivity contribution in [3.63, 3.8) is 0 Å². The van der Waals surface area contributed by atoms with Crippen LogP contribution >= 0.6 is 0 Å². The fraction of sp³-hybridized carbons (Fsp3) is 0.556. The summed E-state index contributed by atoms with van der Waals surface area (Å²) in [7, 11) is 3.48. The van der Waals surface area contributed by atoms with Gasteiger partial charge in [-0.25, -0.2) is 10.9 Å². The van der Waals surface area contributed by atoms with Crippen LogP contribution in [0.15, 0.2) is 24.3 Å². The van der Waals surface area contributed by atoms with E-state index in [1.807, 2.05) is 37.5 Å². The van der Waals surface area contributed by atoms with Crippen molar-refractivity contribution in [1.82, 2.24) is 21.1 Å². The first-order chi connectivity index (χ1) is 12.0. The highest BCUT2D eigenvalue weighted by Crippen LogP contribution is 2.39. The predicted octanol–water partition coefficient (Wildman–Crippen LogP) is 0.766. The molecular weight excluding hydrogens is 318 g/mol. The zero-order valence-electron chi connectivity index (χ0n) is 14.8. The summed E-state index contributed by atoms with van der Waals surface area (Å²) in [6, 6.07) is 7.93. The number of amides is 1. The topological polar surface area (TPSA) is 89.4 Å². The average Bonchev–Trinajstić information content (AvgIpc) is 3.04. The van der Waals surface area contributed by atoms with E-state index in [2.05, 4.69) is 23.1 Å². The van der Waals surface area contributed by atoms with Gasteiger partial charge in [0.1, 0.15) is 11.8 Å². The standard InChI is InChI=1S/C18H25N5O2/c1-11-14(17(11)20-10-19)9-23(2)18(24)16-8-15(21-22-16)12-4-6-13(25-3)7-5-12/h4-7,11,14-17,20-22H,8-9H2,1-3H3. The minimum atomic E-state index is -0.242. The smallest absolute Gasteiger partial charge is 0.240 e. The SMILES string of the molecule is COc1ccc(C2CC(C(=O)N(C)CC3C(C)C3NC#N)NN2)cc1. The summed E-state index contributed by atoms with van der Waals surface area (Å²) >= 11 is 0. The van der Waals surface area contributed by atoms with Crippen molar-refractivity contribution in [2.24, 2.45) is 11.8 Å². The molecule has 1 aliphatic carbocycles. The normalized spacial score (nSPS) is 30.4. The van der Waals surface area contributed by atoms with Crippen LogP contribution in [0, 0.1) is 23.3 Å². The molecule has 5 atom stereocenters. The molecule has 25 heavy (non-hydrogen) atoms. The van der Waals surface area contributed by atoms with E-state index in [1.54, 1.807) is 12.0 Å². The van der Waals surface area contributed by atoms with Gasteiger partial charge >= 0.3 is 0 Å². The molecule has 1 aromatic carbocycles. The van der Waals surface area contributed by atoms with E-state index in [9.17, 15) is 4.79 Å². The summed E-state index contributed by atoms with van der Waals surface area (Å²) in [6.07, 6.45) is 2.70. The summed E-state index contributed by atoms with van der Waals surface area (Å²) < 4.78 is 5.18. The summed E-state index contributed by atoms with van der Waals surface area (Å²) in [5.74, 6) is 1.68. The number of nitrogens with one attached hydrogen (secondary N) is 3. The molecule has 5 unspecified atom stereocenters. The van der Waals surface area contributed by atoms with Gasteiger partial charge in [-0.2, -0.15) is 5.26 Å². The van der Waals surface area contributed by atoms with E-state index in [0.717, 1.165) is 11.3 Å². The van der Waals surface area contributed by atoms with Gasteiger partial charge in [0.05, 0.1) is 7.11 Å². The van der Waals surface area contributed by atoms with Gasteiger partial charge in [-0.3, -0.25) is 4.79 Å². The third-order valence-electron chi connectivity index (χ3n) is 5.37. The molecule has 1 aromatic rings. The molecule has 1 heterocycles. The maximum atomic E-state index is 12.7. The first-order valence-corrected chi connectivity index (χ1v) is 8.59. The van der Waals surface area contributed by atoms with E-state index in [4.69, 9.17) is 10.00 Å². The van der Waals surface area contributed by atoms with E-state index >= 15 is 0 Å². The Morgan fingerprint density at radius 3 is 2.76 bits per heavy atom. The molecule has 3 rings (SSSR count). The third kappa shape index (κ3) is 3.70. The van der Waals surface area contributed by atoms with Crippen molar-refractivity contribution < 1.29 is 9.53 Å². The second-order valence-corrected chi connectivity index (χ2v) is 6.93. The number of benzene rings is 1. The summed E-state index contributed by atoms with van der Waals surface area (Å²) in [6.45, 7) is 2.78. The summed E-state index contributed by atoms with van der Waals surface area (Å²) in [5, 5.41) is 11.5. The minimum absolute atomic E-state index is 0.0818. The van der Waals surface area contributed by atoms with E-state index in [0.29, 0.717) is 24.8 Å². The van der Waals surface area contributed by atoms with Gasteiger partial charge in [0.25, 0.3) is 0 Å². The Labute approximate surface area is 148 Å². The van der Waals surface area contributed by atoms with Crippen LogP contribution in [0.25, 0.3) is 0 Å². The second kappa shape index (κ2) is 7.30. The van der Waals surface area contributed by atoms with Gasteiger partial charge in [-0.1, -0.05) is 19.1 Å². The monoisotopic (exact) mass is 343 g/mol. The predicted molar refractivity (Wildman–Crippen MR) is 93.2 cm³/mol. The van der Waals surface area contributed by atoms with Gasteiger partial charge in [0, 0.05) is 31.6 Å². The number of nitrogens with zero attached hydrogens (tertiary/aromatic N) is 2. The Hall–Kier alpha value is -2.30. The van der Waals surface area contributed by atoms with Crippen LogP contribution in [0.1, 0.15) is 24.9 Å². The molecule has 1 saturated carbocycles. The molecule has 1 saturated heterocycles. The van der Waals surface area contributed by atoms with Gasteiger partial charge in [0.15, 0.2) is 6.19 Å². The average molecular weight is 343 g/mol. The Morgan fingerprint density at radius 1 is 1.40 bits per heavy atom. The zero-order valence-corrected chi connectivity index (χ0v) is 14.8. The van der Waals surface area contributed by atoms with Crippen molar-refractivity contribution in [3.05, 3.63) is 29.8 Å². The molecule has 3 N–H and O–H groups in total. The highest BCUT2D eigenvalue weighted by atomic mass is 16.5. The van der Waals surface area contributed by atoms with Crippen molar-refractivity contribution in [2.75, 3.05) is 20.7 Å². The Kier molecular flexibility index (Phi) is 5.11. The lowest BCUT2D eigenvalue weighted by atomic mass is 10.0. The Bertz CT molecular complexity index is 656. The van der Waals surface area contributed by atoms with Crippen LogP contribution in [0.5, 0.6) is 5.75 Å². The molecule has 2 fully saturated rings. The molecule has 0 spiro atoms. The molecule has 1 amide bonds. The highest BCUT2D eigenvalue weighted by Gasteiger charge is 2.48. The summed E-state index contributed by atoms with van der Waals surface area (Å²) in [5.41, 5.74) is 7.45. The lowest BCUT2D eigenvalue weighted by Gasteiger charge is -2.21. The largest absolute Gasteiger partial charge is 0.497 e. The molecule has 0 bridgehead atoms. The molecule has 1 aliphatic heterocycles. The van der Waals surface area contributed by atoms with E-state index < -0.39 is 0 Å². The number of carbonyl (C=O) groups excluding carboxylic acids is 1. The van der Waals surface area contributed by atoms with E-state index in [1.165, 1.54) is 0 Å². The fourth-order valence-corrected chi connectivity index (χ4v) is 3.58. The van der Waals surface area contributed by atoms with Crippen molar-refractivity contribution in [1.29, 1.82) is 5.26 Å². The number of carbonyl (C=O) groups is 1. The van der Waals surface area contributed by atoms with Crippen LogP contribution in [0.4, 0.5) is 0 Å². The third-order valence-corrected chi connectivity index (χ3v) is 5.37. The van der Waals surface area contributed by atoms with Gasteiger partial charge in [0.2, 0.25) is 5.91 Å². The first kappa shape index (κ1) is 17.5. The zero-order chi connectivity index (χ0) is 18.0. The number of hydrogen-bond donors (Lipinski definition) is 3. The number of methoxy groups -OCH3 is 1. The maximum absolute atomic E-state index is 12.7. The molecule has 0 radical (unpaired) electrons. The second-order valence-electron chi connectivity index (χ2n) is 6.93. The lowest BCUT2D eigenvalue weighted by Crippen LogP contribution is -2.45. The van der Waals surface area contributed by atoms with E-state index in [-0.39, 0.29) is 24.0 Å². The molecule has 7 nitrogen and oxygen atoms in total. The fourth-order valence-electron chi connectivity index (χ4n) is 3.58. The number of hydrazine groups is 1. The number of likely N-dealkylation sites (N-methyl/N-ethyl adjacent to an activating group) is 1. The number of rotatable bonds is 6. The quantitative estimate of drug-likeness (QED) is 0.522. The van der Waals surface area contributed by atoms with Crippen LogP contribution in [0.3, 0.4) is 0 Å². The molecular formula is C18H25N5O2. The number of ether oxygens (including phenoxy) is 1. The minimum Gasteiger partial charge on any atom is -0.497 e. The molecule has 0 aromatic heterocycles. The van der Waals surface area contributed by atoms with Crippen LogP contribution in [-0.2, 0) is 4.79 Å². The van der Waals surface area contributed by atoms with Crippen LogP contribution in [-0.4, -0.2) is 43.6 Å².